The summed E-state index contributed by atoms with van der Waals surface area (Å²) in [6.07, 6.45) is 19.2. The minimum Gasteiger partial charge on any atom is -0.469 e. The Morgan fingerprint density at radius 1 is 1.04 bits per heavy atom. The standard InChI is InChI=1S/C19H34O4/c1-3-4-12-15-18(23-21)16-13-10-8-6-5-7-9-11-14-17-19(20)22-2/h8,10,13,16,18,21H,3-7,9,11-12,14-15,17H2,1-2H3/b10-8-,16-13+. The number of hydrogen-bond acceptors (Lipinski definition) is 4. The van der Waals surface area contributed by atoms with Gasteiger partial charge >= 0.3 is 5.97 Å². The number of carbonyl (C=O) groups is 1. The Morgan fingerprint density at radius 3 is 2.48 bits per heavy atom. The first kappa shape index (κ1) is 21.9. The highest BCUT2D eigenvalue weighted by Gasteiger charge is 2.02. The number of hydrogen-bond donors (Lipinski definition) is 1. The minimum atomic E-state index is -0.194. The second-order valence-electron chi connectivity index (χ2n) is 5.84. The van der Waals surface area contributed by atoms with Gasteiger partial charge in [0.25, 0.3) is 0 Å². The Labute approximate surface area is 141 Å². The van der Waals surface area contributed by atoms with E-state index in [1.165, 1.54) is 39.2 Å². The molecule has 0 spiro atoms. The van der Waals surface area contributed by atoms with Gasteiger partial charge in [0.1, 0.15) is 6.10 Å². The van der Waals surface area contributed by atoms with Crippen LogP contribution in [0.1, 0.15) is 77.6 Å². The lowest BCUT2D eigenvalue weighted by Crippen LogP contribution is -2.06. The zero-order chi connectivity index (χ0) is 17.2. The number of carbonyl (C=O) groups excluding carboxylic acids is 1. The van der Waals surface area contributed by atoms with Crippen LogP contribution in [0, 0.1) is 0 Å². The van der Waals surface area contributed by atoms with E-state index in [1.54, 1.807) is 0 Å². The van der Waals surface area contributed by atoms with Gasteiger partial charge in [0.15, 0.2) is 0 Å². The normalized spacial score (nSPS) is 13.0. The molecule has 0 heterocycles. The molecule has 0 aromatic heterocycles. The van der Waals surface area contributed by atoms with Gasteiger partial charge in [-0.1, -0.05) is 69.8 Å². The van der Waals surface area contributed by atoms with Crippen molar-refractivity contribution in [1.82, 2.24) is 0 Å². The van der Waals surface area contributed by atoms with Crippen molar-refractivity contribution in [1.29, 1.82) is 0 Å². The summed E-state index contributed by atoms with van der Waals surface area (Å²) < 4.78 is 4.61. The maximum atomic E-state index is 10.9. The van der Waals surface area contributed by atoms with Crippen LogP contribution in [-0.2, 0) is 14.4 Å². The minimum absolute atomic E-state index is 0.112. The second-order valence-corrected chi connectivity index (χ2v) is 5.84. The molecule has 1 atom stereocenters. The molecule has 0 aromatic rings. The van der Waals surface area contributed by atoms with Crippen LogP contribution in [0.15, 0.2) is 24.3 Å². The van der Waals surface area contributed by atoms with E-state index in [4.69, 9.17) is 5.26 Å². The van der Waals surface area contributed by atoms with Gasteiger partial charge in [-0.05, 0) is 25.7 Å². The van der Waals surface area contributed by atoms with Crippen LogP contribution >= 0.6 is 0 Å². The van der Waals surface area contributed by atoms with Crippen LogP contribution in [-0.4, -0.2) is 24.4 Å². The zero-order valence-electron chi connectivity index (χ0n) is 14.8. The van der Waals surface area contributed by atoms with Crippen molar-refractivity contribution in [2.75, 3.05) is 7.11 Å². The van der Waals surface area contributed by atoms with Gasteiger partial charge in [0, 0.05) is 6.42 Å². The van der Waals surface area contributed by atoms with Crippen molar-refractivity contribution in [3.63, 3.8) is 0 Å². The van der Waals surface area contributed by atoms with Crippen molar-refractivity contribution in [3.8, 4) is 0 Å². The molecule has 0 aliphatic rings. The van der Waals surface area contributed by atoms with E-state index in [2.05, 4.69) is 22.6 Å². The molecule has 0 fully saturated rings. The summed E-state index contributed by atoms with van der Waals surface area (Å²) in [5, 5.41) is 8.81. The van der Waals surface area contributed by atoms with E-state index in [0.29, 0.717) is 6.42 Å². The SMILES string of the molecule is CCCCCC(/C=C/C=C\CCCCCCCC(=O)OC)OO. The molecule has 0 rings (SSSR count). The molecule has 0 saturated heterocycles. The highest BCUT2D eigenvalue weighted by molar-refractivity contribution is 5.68. The van der Waals surface area contributed by atoms with Crippen molar-refractivity contribution in [2.24, 2.45) is 0 Å². The monoisotopic (exact) mass is 326 g/mol. The fraction of sp³-hybridized carbons (Fsp3) is 0.737. The Kier molecular flexibility index (Phi) is 16.4. The van der Waals surface area contributed by atoms with Crippen LogP contribution in [0.4, 0.5) is 0 Å². The van der Waals surface area contributed by atoms with Gasteiger partial charge in [0.05, 0.1) is 7.11 Å². The molecule has 0 aromatic carbocycles. The quantitative estimate of drug-likeness (QED) is 0.143. The second kappa shape index (κ2) is 17.2. The first-order valence-electron chi connectivity index (χ1n) is 8.95. The first-order chi connectivity index (χ1) is 11.2. The molecule has 0 aliphatic carbocycles. The van der Waals surface area contributed by atoms with Gasteiger partial charge in [-0.15, -0.1) is 0 Å². The molecule has 1 N–H and O–H groups in total. The molecule has 0 saturated carbocycles. The number of rotatable bonds is 15. The van der Waals surface area contributed by atoms with Crippen LogP contribution in [0.3, 0.4) is 0 Å². The summed E-state index contributed by atoms with van der Waals surface area (Å²) in [4.78, 5) is 15.4. The number of esters is 1. The van der Waals surface area contributed by atoms with Gasteiger partial charge in [-0.3, -0.25) is 10.1 Å². The third-order valence-corrected chi connectivity index (χ3v) is 3.78. The molecular weight excluding hydrogens is 292 g/mol. The van der Waals surface area contributed by atoms with Crippen molar-refractivity contribution in [2.45, 2.75) is 83.7 Å². The number of allylic oxidation sites excluding steroid dienone is 3. The third-order valence-electron chi connectivity index (χ3n) is 3.78. The Morgan fingerprint density at radius 2 is 1.78 bits per heavy atom. The van der Waals surface area contributed by atoms with Crippen LogP contribution in [0.5, 0.6) is 0 Å². The highest BCUT2D eigenvalue weighted by atomic mass is 17.1. The summed E-state index contributed by atoms with van der Waals surface area (Å²) in [6, 6.07) is 0. The summed E-state index contributed by atoms with van der Waals surface area (Å²) in [5.74, 6) is -0.112. The van der Waals surface area contributed by atoms with Gasteiger partial charge < -0.3 is 4.74 Å². The van der Waals surface area contributed by atoms with Crippen LogP contribution in [0.2, 0.25) is 0 Å². The molecular formula is C19H34O4. The number of methoxy groups -OCH3 is 1. The zero-order valence-corrected chi connectivity index (χ0v) is 14.8. The molecule has 0 bridgehead atoms. The Bertz CT molecular complexity index is 323. The molecule has 0 aliphatic heterocycles. The smallest absolute Gasteiger partial charge is 0.305 e. The third kappa shape index (κ3) is 15.5. The average Bonchev–Trinajstić information content (AvgIpc) is 2.57. The lowest BCUT2D eigenvalue weighted by Gasteiger charge is -2.07. The topological polar surface area (TPSA) is 55.8 Å². The maximum absolute atomic E-state index is 10.9. The number of unbranched alkanes of at least 4 members (excludes halogenated alkanes) is 7. The number of ether oxygens (including phenoxy) is 1. The summed E-state index contributed by atoms with van der Waals surface area (Å²) in [5.41, 5.74) is 0. The fourth-order valence-corrected chi connectivity index (χ4v) is 2.31. The Hall–Kier alpha value is -1.13. The molecule has 1 unspecified atom stereocenters. The van der Waals surface area contributed by atoms with Gasteiger partial charge in [0.2, 0.25) is 0 Å². The molecule has 23 heavy (non-hydrogen) atoms. The van der Waals surface area contributed by atoms with E-state index in [0.717, 1.165) is 32.1 Å². The Balaban J connectivity index is 3.51. The van der Waals surface area contributed by atoms with E-state index >= 15 is 0 Å². The lowest BCUT2D eigenvalue weighted by atomic mass is 10.1. The summed E-state index contributed by atoms with van der Waals surface area (Å²) >= 11 is 0. The predicted molar refractivity (Wildman–Crippen MR) is 94.3 cm³/mol. The van der Waals surface area contributed by atoms with Crippen molar-refractivity contribution in [3.05, 3.63) is 24.3 Å². The fourth-order valence-electron chi connectivity index (χ4n) is 2.31. The summed E-state index contributed by atoms with van der Waals surface area (Å²) in [6.45, 7) is 2.16. The largest absolute Gasteiger partial charge is 0.469 e. The van der Waals surface area contributed by atoms with Crippen molar-refractivity contribution >= 4 is 5.97 Å². The van der Waals surface area contributed by atoms with E-state index in [9.17, 15) is 4.79 Å². The van der Waals surface area contributed by atoms with Crippen molar-refractivity contribution < 1.29 is 19.7 Å². The maximum Gasteiger partial charge on any atom is 0.305 e. The van der Waals surface area contributed by atoms with E-state index in [1.807, 2.05) is 18.2 Å². The van der Waals surface area contributed by atoms with Crippen LogP contribution < -0.4 is 0 Å². The molecule has 134 valence electrons. The van der Waals surface area contributed by atoms with E-state index in [-0.39, 0.29) is 12.1 Å². The lowest BCUT2D eigenvalue weighted by molar-refractivity contribution is -0.267. The van der Waals surface area contributed by atoms with Crippen LogP contribution in [0.25, 0.3) is 0 Å². The predicted octanol–water partition coefficient (Wildman–Crippen LogP) is 5.44. The summed E-state index contributed by atoms with van der Waals surface area (Å²) in [7, 11) is 1.43. The molecule has 0 radical (unpaired) electrons. The van der Waals surface area contributed by atoms with Gasteiger partial charge in [-0.2, -0.15) is 0 Å². The van der Waals surface area contributed by atoms with Gasteiger partial charge in [-0.25, -0.2) is 4.89 Å². The molecule has 0 amide bonds. The average molecular weight is 326 g/mol. The first-order valence-corrected chi connectivity index (χ1v) is 8.95. The highest BCUT2D eigenvalue weighted by Crippen LogP contribution is 2.09. The molecule has 4 nitrogen and oxygen atoms in total. The molecule has 4 heteroatoms. The van der Waals surface area contributed by atoms with E-state index < -0.39 is 0 Å².